The van der Waals surface area contributed by atoms with Gasteiger partial charge in [0.25, 0.3) is 0 Å². The van der Waals surface area contributed by atoms with E-state index in [-0.39, 0.29) is 0 Å². The van der Waals surface area contributed by atoms with Crippen LogP contribution in [0.4, 0.5) is 0 Å². The first-order chi connectivity index (χ1) is 8.16. The summed E-state index contributed by atoms with van der Waals surface area (Å²) >= 11 is 3.74. The monoisotopic (exact) mass is 284 g/mol. The van der Waals surface area contributed by atoms with Gasteiger partial charge in [0.1, 0.15) is 0 Å². The molecule has 17 heavy (non-hydrogen) atoms. The Bertz CT molecular complexity index is 726. The third-order valence-corrected chi connectivity index (χ3v) is 4.26. The molecule has 0 amide bonds. The third kappa shape index (κ3) is 1.66. The second-order valence-corrected chi connectivity index (χ2v) is 5.36. The molecule has 0 nitrogen and oxygen atoms in total. The maximum absolute atomic E-state index is 3.74. The van der Waals surface area contributed by atoms with Crippen molar-refractivity contribution in [2.75, 3.05) is 0 Å². The van der Waals surface area contributed by atoms with Crippen molar-refractivity contribution in [3.8, 4) is 0 Å². The summed E-state index contributed by atoms with van der Waals surface area (Å²) in [5.74, 6) is 0. The van der Waals surface area contributed by atoms with Crippen LogP contribution in [0, 0.1) is 13.8 Å². The first-order valence-electron chi connectivity index (χ1n) is 5.75. The smallest absolute Gasteiger partial charge is 0.0332 e. The molecule has 1 heteroatoms. The lowest BCUT2D eigenvalue weighted by Gasteiger charge is -2.09. The highest BCUT2D eigenvalue weighted by Crippen LogP contribution is 2.33. The van der Waals surface area contributed by atoms with E-state index in [1.165, 1.54) is 37.1 Å². The molecule has 0 aliphatic carbocycles. The van der Waals surface area contributed by atoms with E-state index in [0.717, 1.165) is 0 Å². The molecule has 84 valence electrons. The molecule has 0 atom stereocenters. The van der Waals surface area contributed by atoms with Gasteiger partial charge in [-0.3, -0.25) is 0 Å². The Morgan fingerprint density at radius 2 is 1.47 bits per heavy atom. The average Bonchev–Trinajstić information content (AvgIpc) is 2.32. The van der Waals surface area contributed by atoms with Crippen LogP contribution < -0.4 is 0 Å². The molecule has 0 heterocycles. The Morgan fingerprint density at radius 1 is 0.765 bits per heavy atom. The van der Waals surface area contributed by atoms with Gasteiger partial charge in [-0.2, -0.15) is 0 Å². The van der Waals surface area contributed by atoms with Crippen LogP contribution in [-0.4, -0.2) is 0 Å². The van der Waals surface area contributed by atoms with Gasteiger partial charge in [0, 0.05) is 4.47 Å². The number of halogens is 1. The van der Waals surface area contributed by atoms with Crippen molar-refractivity contribution in [1.29, 1.82) is 0 Å². The van der Waals surface area contributed by atoms with E-state index in [0.29, 0.717) is 0 Å². The molecule has 0 fully saturated rings. The number of hydrogen-bond acceptors (Lipinski definition) is 0. The number of benzene rings is 3. The molecule has 0 radical (unpaired) electrons. The van der Waals surface area contributed by atoms with E-state index in [2.05, 4.69) is 72.2 Å². The second-order valence-electron chi connectivity index (χ2n) is 4.57. The summed E-state index contributed by atoms with van der Waals surface area (Å²) in [5, 5.41) is 5.17. The van der Waals surface area contributed by atoms with Crippen LogP contribution in [0.3, 0.4) is 0 Å². The maximum atomic E-state index is 3.74. The molecular weight excluding hydrogens is 272 g/mol. The molecule has 0 aromatic heterocycles. The van der Waals surface area contributed by atoms with Crippen molar-refractivity contribution < 1.29 is 0 Å². The summed E-state index contributed by atoms with van der Waals surface area (Å²) in [6.07, 6.45) is 0. The summed E-state index contributed by atoms with van der Waals surface area (Å²) in [6, 6.07) is 15.3. The van der Waals surface area contributed by atoms with Crippen molar-refractivity contribution in [1.82, 2.24) is 0 Å². The summed E-state index contributed by atoms with van der Waals surface area (Å²) in [6.45, 7) is 4.33. The van der Waals surface area contributed by atoms with Crippen LogP contribution in [0.1, 0.15) is 11.1 Å². The van der Waals surface area contributed by atoms with E-state index in [9.17, 15) is 0 Å². The molecular formula is C16H13Br. The topological polar surface area (TPSA) is 0 Å². The zero-order valence-electron chi connectivity index (χ0n) is 9.92. The van der Waals surface area contributed by atoms with Crippen molar-refractivity contribution in [3.05, 3.63) is 58.1 Å². The number of fused-ring (bicyclic) bond motifs is 2. The maximum Gasteiger partial charge on any atom is 0.0332 e. The van der Waals surface area contributed by atoms with Crippen LogP contribution in [0.25, 0.3) is 21.5 Å². The fraction of sp³-hybridized carbons (Fsp3) is 0.125. The van der Waals surface area contributed by atoms with E-state index in [1.807, 2.05) is 0 Å². The van der Waals surface area contributed by atoms with Crippen molar-refractivity contribution in [3.63, 3.8) is 0 Å². The lowest BCUT2D eigenvalue weighted by molar-refractivity contribution is 1.37. The molecule has 3 aromatic rings. The van der Waals surface area contributed by atoms with E-state index >= 15 is 0 Å². The Hall–Kier alpha value is -1.34. The molecule has 0 bridgehead atoms. The molecule has 3 rings (SSSR count). The summed E-state index contributed by atoms with van der Waals surface area (Å²) in [7, 11) is 0. The normalized spacial score (nSPS) is 11.2. The van der Waals surface area contributed by atoms with Gasteiger partial charge in [-0.15, -0.1) is 0 Å². The van der Waals surface area contributed by atoms with Gasteiger partial charge in [0.2, 0.25) is 0 Å². The fourth-order valence-corrected chi connectivity index (χ4v) is 2.99. The minimum Gasteiger partial charge on any atom is -0.0616 e. The van der Waals surface area contributed by atoms with Crippen molar-refractivity contribution >= 4 is 37.5 Å². The van der Waals surface area contributed by atoms with Crippen LogP contribution in [-0.2, 0) is 0 Å². The van der Waals surface area contributed by atoms with E-state index in [1.54, 1.807) is 0 Å². The van der Waals surface area contributed by atoms with Gasteiger partial charge >= 0.3 is 0 Å². The Morgan fingerprint density at radius 3 is 2.29 bits per heavy atom. The Labute approximate surface area is 109 Å². The molecule has 0 N–H and O–H groups in total. The Kier molecular flexibility index (Phi) is 2.44. The predicted octanol–water partition coefficient (Wildman–Crippen LogP) is 5.37. The van der Waals surface area contributed by atoms with Crippen molar-refractivity contribution in [2.45, 2.75) is 13.8 Å². The predicted molar refractivity (Wildman–Crippen MR) is 78.6 cm³/mol. The van der Waals surface area contributed by atoms with Gasteiger partial charge in [-0.05, 0) is 68.5 Å². The minimum atomic E-state index is 1.20. The van der Waals surface area contributed by atoms with E-state index in [4.69, 9.17) is 0 Å². The zero-order chi connectivity index (χ0) is 12.0. The Balaban J connectivity index is 2.55. The SMILES string of the molecule is Cc1cc2cc3ccccc3c(Br)c2cc1C. The molecule has 0 saturated heterocycles. The molecule has 0 aliphatic heterocycles. The van der Waals surface area contributed by atoms with E-state index < -0.39 is 0 Å². The van der Waals surface area contributed by atoms with Gasteiger partial charge in [-0.25, -0.2) is 0 Å². The number of rotatable bonds is 0. The standard InChI is InChI=1S/C16H13Br/c1-10-7-13-9-12-5-3-4-6-14(12)16(17)15(13)8-11(10)2/h3-9H,1-2H3. The molecule has 0 spiro atoms. The summed E-state index contributed by atoms with van der Waals surface area (Å²) < 4.78 is 1.20. The highest BCUT2D eigenvalue weighted by molar-refractivity contribution is 9.10. The van der Waals surface area contributed by atoms with Gasteiger partial charge < -0.3 is 0 Å². The highest BCUT2D eigenvalue weighted by Gasteiger charge is 2.06. The second kappa shape index (κ2) is 3.85. The minimum absolute atomic E-state index is 1.20. The summed E-state index contributed by atoms with van der Waals surface area (Å²) in [5.41, 5.74) is 2.69. The van der Waals surface area contributed by atoms with Crippen LogP contribution >= 0.6 is 15.9 Å². The van der Waals surface area contributed by atoms with Crippen LogP contribution in [0.15, 0.2) is 46.9 Å². The first-order valence-corrected chi connectivity index (χ1v) is 6.54. The van der Waals surface area contributed by atoms with Crippen LogP contribution in [0.2, 0.25) is 0 Å². The summed E-state index contributed by atoms with van der Waals surface area (Å²) in [4.78, 5) is 0. The van der Waals surface area contributed by atoms with Crippen LogP contribution in [0.5, 0.6) is 0 Å². The lowest BCUT2D eigenvalue weighted by Crippen LogP contribution is -1.84. The number of aryl methyl sites for hydroxylation is 2. The molecule has 0 saturated carbocycles. The zero-order valence-corrected chi connectivity index (χ0v) is 11.5. The number of hydrogen-bond donors (Lipinski definition) is 0. The molecule has 0 unspecified atom stereocenters. The van der Waals surface area contributed by atoms with Crippen molar-refractivity contribution in [2.24, 2.45) is 0 Å². The lowest BCUT2D eigenvalue weighted by atomic mass is 9.99. The quantitative estimate of drug-likeness (QED) is 0.487. The van der Waals surface area contributed by atoms with Gasteiger partial charge in [0.15, 0.2) is 0 Å². The first kappa shape index (κ1) is 10.8. The van der Waals surface area contributed by atoms with Gasteiger partial charge in [0.05, 0.1) is 0 Å². The fourth-order valence-electron chi connectivity index (χ4n) is 2.28. The average molecular weight is 285 g/mol. The third-order valence-electron chi connectivity index (χ3n) is 3.41. The molecule has 0 aliphatic rings. The van der Waals surface area contributed by atoms with Gasteiger partial charge in [-0.1, -0.05) is 36.4 Å². The molecule has 3 aromatic carbocycles. The highest BCUT2D eigenvalue weighted by atomic mass is 79.9. The largest absolute Gasteiger partial charge is 0.0616 e.